The molecule has 0 aliphatic rings. The predicted octanol–water partition coefficient (Wildman–Crippen LogP) is 2.03. The highest BCUT2D eigenvalue weighted by Crippen LogP contribution is 2.26. The van der Waals surface area contributed by atoms with Gasteiger partial charge in [0.15, 0.2) is 0 Å². The molecule has 0 bridgehead atoms. The molecule has 0 saturated heterocycles. The predicted molar refractivity (Wildman–Crippen MR) is 61.5 cm³/mol. The molecular weight excluding hydrogens is 210 g/mol. The van der Waals surface area contributed by atoms with E-state index in [1.54, 1.807) is 0 Å². The number of sulfonamides is 1. The van der Waals surface area contributed by atoms with Crippen LogP contribution in [0.3, 0.4) is 0 Å². The standard InChI is InChI=1S/C11H17NO2S/c1-8(2)10-7-5-6-9(3)11(10)15(13,14)12-4/h5-8,12H,1-4H3. The largest absolute Gasteiger partial charge is 0.240 e. The lowest BCUT2D eigenvalue weighted by molar-refractivity contribution is 0.585. The fourth-order valence-electron chi connectivity index (χ4n) is 1.60. The molecule has 0 fully saturated rings. The molecule has 0 heterocycles. The third kappa shape index (κ3) is 2.38. The van der Waals surface area contributed by atoms with Crippen LogP contribution >= 0.6 is 0 Å². The van der Waals surface area contributed by atoms with Crippen LogP contribution in [0.1, 0.15) is 30.9 Å². The van der Waals surface area contributed by atoms with E-state index in [0.29, 0.717) is 4.90 Å². The van der Waals surface area contributed by atoms with Crippen molar-refractivity contribution in [2.75, 3.05) is 7.05 Å². The van der Waals surface area contributed by atoms with E-state index in [9.17, 15) is 8.42 Å². The number of rotatable bonds is 3. The maximum Gasteiger partial charge on any atom is 0.240 e. The molecule has 1 aromatic rings. The van der Waals surface area contributed by atoms with Crippen molar-refractivity contribution >= 4 is 10.0 Å². The average molecular weight is 227 g/mol. The van der Waals surface area contributed by atoms with E-state index in [2.05, 4.69) is 4.72 Å². The van der Waals surface area contributed by atoms with Gasteiger partial charge in [-0.15, -0.1) is 0 Å². The van der Waals surface area contributed by atoms with Gasteiger partial charge in [0.2, 0.25) is 10.0 Å². The summed E-state index contributed by atoms with van der Waals surface area (Å²) < 4.78 is 26.0. The summed E-state index contributed by atoms with van der Waals surface area (Å²) in [6.45, 7) is 5.79. The van der Waals surface area contributed by atoms with Gasteiger partial charge in [0.05, 0.1) is 4.90 Å². The molecule has 1 aromatic carbocycles. The van der Waals surface area contributed by atoms with Crippen LogP contribution in [-0.2, 0) is 10.0 Å². The van der Waals surface area contributed by atoms with Gasteiger partial charge in [0.1, 0.15) is 0 Å². The van der Waals surface area contributed by atoms with E-state index in [4.69, 9.17) is 0 Å². The second-order valence-electron chi connectivity index (χ2n) is 3.86. The Kier molecular flexibility index (Phi) is 3.52. The highest BCUT2D eigenvalue weighted by Gasteiger charge is 2.20. The van der Waals surface area contributed by atoms with E-state index in [1.807, 2.05) is 39.0 Å². The molecule has 1 rings (SSSR count). The molecule has 0 atom stereocenters. The lowest BCUT2D eigenvalue weighted by atomic mass is 10.0. The van der Waals surface area contributed by atoms with Crippen LogP contribution in [0.15, 0.2) is 23.1 Å². The summed E-state index contributed by atoms with van der Waals surface area (Å²) in [6, 6.07) is 5.57. The Hall–Kier alpha value is -0.870. The SMILES string of the molecule is CNS(=O)(=O)c1c(C)cccc1C(C)C. The molecule has 0 aliphatic heterocycles. The van der Waals surface area contributed by atoms with Crippen LogP contribution in [0, 0.1) is 6.92 Å². The smallest absolute Gasteiger partial charge is 0.214 e. The van der Waals surface area contributed by atoms with Crippen LogP contribution in [0.25, 0.3) is 0 Å². The minimum Gasteiger partial charge on any atom is -0.214 e. The van der Waals surface area contributed by atoms with Crippen molar-refractivity contribution in [2.24, 2.45) is 0 Å². The van der Waals surface area contributed by atoms with Crippen molar-refractivity contribution in [3.8, 4) is 0 Å². The first-order valence-corrected chi connectivity index (χ1v) is 6.41. The zero-order valence-corrected chi connectivity index (χ0v) is 10.4. The van der Waals surface area contributed by atoms with Crippen molar-refractivity contribution in [3.63, 3.8) is 0 Å². The highest BCUT2D eigenvalue weighted by molar-refractivity contribution is 7.89. The maximum atomic E-state index is 11.8. The van der Waals surface area contributed by atoms with Crippen LogP contribution in [0.4, 0.5) is 0 Å². The van der Waals surface area contributed by atoms with Gasteiger partial charge in [0.25, 0.3) is 0 Å². The lowest BCUT2D eigenvalue weighted by Crippen LogP contribution is -2.21. The number of hydrogen-bond donors (Lipinski definition) is 1. The third-order valence-corrected chi connectivity index (χ3v) is 4.03. The molecule has 1 N–H and O–H groups in total. The summed E-state index contributed by atoms with van der Waals surface area (Å²) in [6.07, 6.45) is 0. The average Bonchev–Trinajstić information content (AvgIpc) is 2.17. The van der Waals surface area contributed by atoms with Crippen molar-refractivity contribution in [1.82, 2.24) is 4.72 Å². The third-order valence-electron chi connectivity index (χ3n) is 2.40. The molecule has 0 unspecified atom stereocenters. The molecule has 15 heavy (non-hydrogen) atoms. The molecular formula is C11H17NO2S. The van der Waals surface area contributed by atoms with Gasteiger partial charge in [-0.2, -0.15) is 0 Å². The number of hydrogen-bond acceptors (Lipinski definition) is 2. The Labute approximate surface area is 91.6 Å². The molecule has 0 radical (unpaired) electrons. The van der Waals surface area contributed by atoms with Crippen molar-refractivity contribution in [1.29, 1.82) is 0 Å². The molecule has 0 aromatic heterocycles. The fourth-order valence-corrected chi connectivity index (χ4v) is 2.91. The zero-order valence-electron chi connectivity index (χ0n) is 9.53. The van der Waals surface area contributed by atoms with Gasteiger partial charge >= 0.3 is 0 Å². The maximum absolute atomic E-state index is 11.8. The Bertz CT molecular complexity index is 450. The van der Waals surface area contributed by atoms with Crippen molar-refractivity contribution in [2.45, 2.75) is 31.6 Å². The molecule has 4 heteroatoms. The Balaban J connectivity index is 3.52. The normalized spacial score (nSPS) is 12.1. The summed E-state index contributed by atoms with van der Waals surface area (Å²) in [5, 5.41) is 0. The van der Waals surface area contributed by atoms with Crippen LogP contribution in [0.5, 0.6) is 0 Å². The second-order valence-corrected chi connectivity index (χ2v) is 5.68. The minimum absolute atomic E-state index is 0.197. The molecule has 0 amide bonds. The van der Waals surface area contributed by atoms with Crippen LogP contribution < -0.4 is 4.72 Å². The summed E-state index contributed by atoms with van der Waals surface area (Å²) in [7, 11) is -1.92. The Morgan fingerprint density at radius 2 is 1.87 bits per heavy atom. The van der Waals surface area contributed by atoms with E-state index in [-0.39, 0.29) is 5.92 Å². The Morgan fingerprint density at radius 1 is 1.27 bits per heavy atom. The van der Waals surface area contributed by atoms with Gasteiger partial charge in [-0.3, -0.25) is 0 Å². The molecule has 84 valence electrons. The molecule has 3 nitrogen and oxygen atoms in total. The quantitative estimate of drug-likeness (QED) is 0.858. The van der Waals surface area contributed by atoms with E-state index in [0.717, 1.165) is 11.1 Å². The van der Waals surface area contributed by atoms with Gasteiger partial charge in [-0.05, 0) is 31.0 Å². The topological polar surface area (TPSA) is 46.2 Å². The van der Waals surface area contributed by atoms with Crippen molar-refractivity contribution < 1.29 is 8.42 Å². The van der Waals surface area contributed by atoms with Crippen LogP contribution in [-0.4, -0.2) is 15.5 Å². The van der Waals surface area contributed by atoms with Crippen molar-refractivity contribution in [3.05, 3.63) is 29.3 Å². The first kappa shape index (κ1) is 12.2. The van der Waals surface area contributed by atoms with E-state index < -0.39 is 10.0 Å². The summed E-state index contributed by atoms with van der Waals surface area (Å²) in [5.41, 5.74) is 1.65. The molecule has 0 saturated carbocycles. The second kappa shape index (κ2) is 4.33. The summed E-state index contributed by atoms with van der Waals surface area (Å²) >= 11 is 0. The first-order valence-electron chi connectivity index (χ1n) is 4.93. The van der Waals surface area contributed by atoms with Crippen LogP contribution in [0.2, 0.25) is 0 Å². The van der Waals surface area contributed by atoms with Gasteiger partial charge in [0, 0.05) is 0 Å². The summed E-state index contributed by atoms with van der Waals surface area (Å²) in [5.74, 6) is 0.197. The van der Waals surface area contributed by atoms with E-state index >= 15 is 0 Å². The molecule has 0 spiro atoms. The van der Waals surface area contributed by atoms with E-state index in [1.165, 1.54) is 7.05 Å². The lowest BCUT2D eigenvalue weighted by Gasteiger charge is -2.14. The number of benzene rings is 1. The summed E-state index contributed by atoms with van der Waals surface area (Å²) in [4.78, 5) is 0.419. The minimum atomic E-state index is -3.35. The Morgan fingerprint density at radius 3 is 2.33 bits per heavy atom. The number of aryl methyl sites for hydroxylation is 1. The van der Waals surface area contributed by atoms with Gasteiger partial charge in [-0.1, -0.05) is 32.0 Å². The molecule has 0 aliphatic carbocycles. The fraction of sp³-hybridized carbons (Fsp3) is 0.455. The zero-order chi connectivity index (χ0) is 11.6. The van der Waals surface area contributed by atoms with Gasteiger partial charge < -0.3 is 0 Å². The first-order chi connectivity index (χ1) is 6.90. The highest BCUT2D eigenvalue weighted by atomic mass is 32.2. The number of nitrogens with one attached hydrogen (secondary N) is 1. The van der Waals surface area contributed by atoms with Gasteiger partial charge in [-0.25, -0.2) is 13.1 Å². The monoisotopic (exact) mass is 227 g/mol.